The molecule has 0 radical (unpaired) electrons. The Morgan fingerprint density at radius 2 is 0.812 bits per heavy atom. The average Bonchev–Trinajstić information content (AvgIpc) is 0.803. The van der Waals surface area contributed by atoms with E-state index in [2.05, 4.69) is 31.4 Å². The van der Waals surface area contributed by atoms with Gasteiger partial charge in [-0.15, -0.1) is 0 Å². The predicted molar refractivity (Wildman–Crippen MR) is 376 cm³/mol. The van der Waals surface area contributed by atoms with Gasteiger partial charge in [-0.25, -0.2) is 4.57 Å². The molecule has 2 heterocycles. The molecule has 2 aliphatic rings. The maximum absolute atomic E-state index is 14.2. The van der Waals surface area contributed by atoms with Gasteiger partial charge in [-0.1, -0.05) is 290 Å². The van der Waals surface area contributed by atoms with E-state index in [0.29, 0.717) is 32.1 Å². The quantitative estimate of drug-likeness (QED) is 0.0154. The largest absolute Gasteiger partial charge is 0.481 e. The van der Waals surface area contributed by atoms with Crippen molar-refractivity contribution in [3.8, 4) is 0 Å². The lowest BCUT2D eigenvalue weighted by Gasteiger charge is -2.45. The summed E-state index contributed by atoms with van der Waals surface area (Å²) in [7, 11) is -5.33. The van der Waals surface area contributed by atoms with Gasteiger partial charge in [-0.2, -0.15) is 0 Å². The summed E-state index contributed by atoms with van der Waals surface area (Å²) in [5.41, 5.74) is 0. The van der Waals surface area contributed by atoms with Gasteiger partial charge < -0.3 is 74.7 Å². The van der Waals surface area contributed by atoms with Crippen LogP contribution in [-0.2, 0) is 52.0 Å². The molecule has 0 unspecified atom stereocenters. The fourth-order valence-corrected chi connectivity index (χ4v) is 13.8. The zero-order chi connectivity index (χ0) is 70.3. The van der Waals surface area contributed by atoms with Crippen LogP contribution >= 0.6 is 7.82 Å². The second-order valence-corrected chi connectivity index (χ2v) is 29.2. The van der Waals surface area contributed by atoms with Crippen molar-refractivity contribution in [3.05, 3.63) is 0 Å². The van der Waals surface area contributed by atoms with Crippen molar-refractivity contribution in [2.24, 2.45) is 0 Å². The Labute approximate surface area is 580 Å². The topological polar surface area (TPSA) is 327 Å². The molecular formula is C74H141N2O19P. The lowest BCUT2D eigenvalue weighted by atomic mass is 9.95. The van der Waals surface area contributed by atoms with Crippen LogP contribution in [0.15, 0.2) is 0 Å². The van der Waals surface area contributed by atoms with Crippen LogP contribution in [0, 0.1) is 0 Å². The SMILES string of the molecule is CCCCCCCCCCCC(=O)O[C@H](CCCCCCCCCCC)CC(=O)N[C@H]1[C@H](OC[C@H]2O[C@H](OCCCCCCCCCCCCCCCCCCCCCC(=O)O)[C@H](NC(=O)C[C@H](O)CCCCCCCCCCC)[C@@H](O)[C@@H]2O)O[C@H](CO)[C@@H](OP(=O)(O)O)[C@@H]1O. The summed E-state index contributed by atoms with van der Waals surface area (Å²) < 4.78 is 47.9. The third kappa shape index (κ3) is 46.2. The molecule has 10 N–H and O–H groups in total. The van der Waals surface area contributed by atoms with Crippen molar-refractivity contribution in [3.63, 3.8) is 0 Å². The highest BCUT2D eigenvalue weighted by molar-refractivity contribution is 7.46. The maximum Gasteiger partial charge on any atom is 0.470 e. The van der Waals surface area contributed by atoms with Crippen LogP contribution in [0.3, 0.4) is 0 Å². The summed E-state index contributed by atoms with van der Waals surface area (Å²) in [6.07, 6.45) is 36.2. The van der Waals surface area contributed by atoms with Crippen molar-refractivity contribution in [2.45, 2.75) is 428 Å². The highest BCUT2D eigenvalue weighted by Crippen LogP contribution is 2.42. The minimum atomic E-state index is -5.33. The summed E-state index contributed by atoms with van der Waals surface area (Å²) >= 11 is 0. The monoisotopic (exact) mass is 1390 g/mol. The highest BCUT2D eigenvalue weighted by atomic mass is 31.2. The normalized spacial score (nSPS) is 22.1. The van der Waals surface area contributed by atoms with Gasteiger partial charge in [0.25, 0.3) is 0 Å². The third-order valence-electron chi connectivity index (χ3n) is 19.1. The van der Waals surface area contributed by atoms with Crippen LogP contribution in [0.5, 0.6) is 0 Å². The summed E-state index contributed by atoms with van der Waals surface area (Å²) in [5, 5.41) is 70.8. The Balaban J connectivity index is 2.15. The molecule has 2 aliphatic heterocycles. The van der Waals surface area contributed by atoms with Crippen LogP contribution in [0.2, 0.25) is 0 Å². The molecule has 12 atom stereocenters. The van der Waals surface area contributed by atoms with E-state index in [1.165, 1.54) is 154 Å². The molecule has 0 aliphatic carbocycles. The summed E-state index contributed by atoms with van der Waals surface area (Å²) in [5.74, 6) is -2.41. The maximum atomic E-state index is 14.2. The minimum Gasteiger partial charge on any atom is -0.481 e. The number of phosphoric ester groups is 1. The van der Waals surface area contributed by atoms with Gasteiger partial charge in [0.1, 0.15) is 54.8 Å². The van der Waals surface area contributed by atoms with E-state index in [-0.39, 0.29) is 32.3 Å². The van der Waals surface area contributed by atoms with Crippen molar-refractivity contribution < 1.29 is 92.4 Å². The van der Waals surface area contributed by atoms with E-state index in [1.807, 2.05) is 0 Å². The lowest BCUT2D eigenvalue weighted by molar-refractivity contribution is -0.302. The fourth-order valence-electron chi connectivity index (χ4n) is 13.2. The minimum absolute atomic E-state index is 0.184. The lowest BCUT2D eigenvalue weighted by Crippen LogP contribution is -2.67. The second-order valence-electron chi connectivity index (χ2n) is 28.0. The number of aliphatic hydroxyl groups excluding tert-OH is 5. The number of nitrogens with one attached hydrogen (secondary N) is 2. The number of unbranched alkanes of at least 4 members (excludes halogenated alkanes) is 42. The number of hydrogen-bond acceptors (Lipinski definition) is 16. The Morgan fingerprint density at radius 3 is 1.24 bits per heavy atom. The Bertz CT molecular complexity index is 1940. The molecule has 0 bridgehead atoms. The van der Waals surface area contributed by atoms with E-state index in [9.17, 15) is 59.1 Å². The molecule has 0 aromatic rings. The molecule has 2 saturated heterocycles. The summed E-state index contributed by atoms with van der Waals surface area (Å²) in [6.45, 7) is 5.27. The molecule has 0 saturated carbocycles. The van der Waals surface area contributed by atoms with E-state index in [1.54, 1.807) is 0 Å². The molecule has 0 spiro atoms. The number of phosphoric acid groups is 1. The molecule has 2 fully saturated rings. The number of amides is 2. The number of esters is 1. The van der Waals surface area contributed by atoms with Crippen LogP contribution in [0.4, 0.5) is 0 Å². The van der Waals surface area contributed by atoms with Gasteiger partial charge in [0.2, 0.25) is 11.8 Å². The molecule has 21 nitrogen and oxygen atoms in total. The average molecular weight is 1390 g/mol. The van der Waals surface area contributed by atoms with Gasteiger partial charge in [0.15, 0.2) is 12.6 Å². The van der Waals surface area contributed by atoms with Crippen molar-refractivity contribution in [1.29, 1.82) is 0 Å². The van der Waals surface area contributed by atoms with Crippen molar-refractivity contribution >= 4 is 31.6 Å². The molecule has 96 heavy (non-hydrogen) atoms. The number of carbonyl (C=O) groups excluding carboxylic acids is 3. The standard InChI is InChI=1S/C74H141N2O19P/c1-4-7-10-13-16-30-35-40-45-50-59(78)55-63(79)75-67-70(85)69(84)62(94-73(67)90-54-49-44-39-34-29-27-25-23-21-19-20-22-24-26-28-33-37-42-47-52-65(81)82)58-91-74-68(71(86)72(61(57-77)93-74)95-96(87,88)89)76-64(80)56-60(51-46-41-36-31-17-14-11-8-5-2)92-66(83)53-48-43-38-32-18-15-12-9-6-3/h59-62,67-74,77-78,84-86H,4-58H2,1-3H3,(H,75,79)(H,76,80)(H,81,82)(H2,87,88,89)/t59-,60-,61-,62-,67-,68-,69-,70-,71-,72-,73+,74-/m1/s1. The third-order valence-corrected chi connectivity index (χ3v) is 19.6. The Hall–Kier alpha value is -2.37. The fraction of sp³-hybridized carbons (Fsp3) is 0.946. The van der Waals surface area contributed by atoms with Crippen molar-refractivity contribution in [1.82, 2.24) is 10.6 Å². The Morgan fingerprint density at radius 1 is 0.448 bits per heavy atom. The Kier molecular flexibility index (Phi) is 55.3. The van der Waals surface area contributed by atoms with Crippen LogP contribution in [0.1, 0.15) is 355 Å². The van der Waals surface area contributed by atoms with Gasteiger partial charge in [0, 0.05) is 19.4 Å². The first-order valence-corrected chi connectivity index (χ1v) is 40.6. The smallest absolute Gasteiger partial charge is 0.470 e. The molecule has 0 aromatic carbocycles. The summed E-state index contributed by atoms with van der Waals surface area (Å²) in [6, 6.07) is -2.89. The predicted octanol–water partition coefficient (Wildman–Crippen LogP) is 14.7. The summed E-state index contributed by atoms with van der Waals surface area (Å²) in [4.78, 5) is 71.5. The van der Waals surface area contributed by atoms with Gasteiger partial charge in [0.05, 0.1) is 32.2 Å². The zero-order valence-corrected chi connectivity index (χ0v) is 61.2. The number of carboxylic acids is 1. The van der Waals surface area contributed by atoms with E-state index < -0.39 is 118 Å². The number of hydrogen-bond donors (Lipinski definition) is 10. The van der Waals surface area contributed by atoms with Crippen LogP contribution < -0.4 is 10.6 Å². The van der Waals surface area contributed by atoms with E-state index in [4.69, 9.17) is 33.3 Å². The van der Waals surface area contributed by atoms with Gasteiger partial charge >= 0.3 is 19.8 Å². The van der Waals surface area contributed by atoms with Gasteiger partial charge in [-0.3, -0.25) is 23.7 Å². The number of ether oxygens (including phenoxy) is 5. The first-order valence-electron chi connectivity index (χ1n) is 39.1. The van der Waals surface area contributed by atoms with Gasteiger partial charge in [-0.05, 0) is 38.5 Å². The molecule has 2 amide bonds. The molecule has 0 aromatic heterocycles. The number of carbonyl (C=O) groups is 4. The second kappa shape index (κ2) is 59.2. The molecule has 2 rings (SSSR count). The van der Waals surface area contributed by atoms with E-state index >= 15 is 0 Å². The molecular weight excluding hydrogens is 1250 g/mol. The van der Waals surface area contributed by atoms with E-state index in [0.717, 1.165) is 122 Å². The zero-order valence-electron chi connectivity index (χ0n) is 60.3. The number of aliphatic carboxylic acids is 1. The van der Waals surface area contributed by atoms with Crippen LogP contribution in [0.25, 0.3) is 0 Å². The van der Waals surface area contributed by atoms with Crippen LogP contribution in [-0.4, -0.2) is 157 Å². The van der Waals surface area contributed by atoms with Crippen molar-refractivity contribution in [2.75, 3.05) is 19.8 Å². The molecule has 22 heteroatoms. The first kappa shape index (κ1) is 89.7. The number of aliphatic hydroxyl groups is 5. The highest BCUT2D eigenvalue weighted by Gasteiger charge is 2.51. The molecule has 566 valence electrons. The number of carboxylic acid groups (broad SMARTS) is 1. The first-order chi connectivity index (χ1) is 46.4. The number of rotatable bonds is 66.